The first-order valence-electron chi connectivity index (χ1n) is 10.8. The van der Waals surface area contributed by atoms with E-state index in [9.17, 15) is 32.3 Å². The minimum absolute atomic E-state index is 0.000107. The number of piperazine rings is 1. The third-order valence-electron chi connectivity index (χ3n) is 5.09. The summed E-state index contributed by atoms with van der Waals surface area (Å²) in [4.78, 5) is 52.7. The van der Waals surface area contributed by atoms with Crippen LogP contribution in [0, 0.1) is 0 Å². The number of likely N-dealkylation sites (N-methyl/N-ethyl adjacent to an activating group) is 1. The first kappa shape index (κ1) is 32.3. The highest BCUT2D eigenvalue weighted by Crippen LogP contribution is 2.20. The second kappa shape index (κ2) is 13.7. The number of quaternary nitrogens is 1. The Morgan fingerprint density at radius 2 is 1.76 bits per heavy atom. The number of nitrogens with one attached hydrogen (secondary N) is 1. The first-order chi connectivity index (χ1) is 17.4. The molecule has 1 aliphatic heterocycles. The SMILES string of the molecule is CN1C(=O)[C@H](CC(=O)O)NC(=O)[C@@H]1CCC[NH2+]C(=O)c1ccc(CN=C(N)N)cc1.O=S(=O)([O-])C(F)(F)F. The molecule has 0 saturated carbocycles. The summed E-state index contributed by atoms with van der Waals surface area (Å²) in [5, 5.41) is 12.8. The number of aliphatic imine (C=N–C) groups is 1. The van der Waals surface area contributed by atoms with Crippen LogP contribution in [-0.2, 0) is 31.0 Å². The van der Waals surface area contributed by atoms with Crippen molar-refractivity contribution in [1.29, 1.82) is 0 Å². The van der Waals surface area contributed by atoms with Crippen LogP contribution < -0.4 is 22.1 Å². The average molecular weight is 569 g/mol. The number of carbonyl (C=O) groups excluding carboxylic acids is 3. The lowest BCUT2D eigenvalue weighted by Gasteiger charge is -2.36. The summed E-state index contributed by atoms with van der Waals surface area (Å²) < 4.78 is 58.9. The van der Waals surface area contributed by atoms with Gasteiger partial charge in [-0.25, -0.2) is 18.2 Å². The van der Waals surface area contributed by atoms with Crippen LogP contribution in [0.2, 0.25) is 0 Å². The molecule has 1 aromatic rings. The lowest BCUT2D eigenvalue weighted by molar-refractivity contribution is -0.555. The number of alkyl halides is 3. The van der Waals surface area contributed by atoms with Crippen molar-refractivity contribution in [3.8, 4) is 0 Å². The molecule has 212 valence electrons. The second-order valence-electron chi connectivity index (χ2n) is 7.96. The maximum absolute atomic E-state index is 12.3. The smallest absolute Gasteiger partial charge is 0.485 e. The van der Waals surface area contributed by atoms with Crippen molar-refractivity contribution in [3.05, 3.63) is 35.4 Å². The Morgan fingerprint density at radius 1 is 1.21 bits per heavy atom. The normalized spacial score (nSPS) is 17.7. The Bertz CT molecular complexity index is 1150. The van der Waals surface area contributed by atoms with E-state index in [2.05, 4.69) is 10.3 Å². The summed E-state index contributed by atoms with van der Waals surface area (Å²) in [5.74, 6) is -2.10. The minimum Gasteiger partial charge on any atom is -0.741 e. The Kier molecular flexibility index (Phi) is 11.6. The summed E-state index contributed by atoms with van der Waals surface area (Å²) in [6.45, 7) is 0.780. The average Bonchev–Trinajstić information content (AvgIpc) is 2.79. The number of carbonyl (C=O) groups is 4. The molecular formula is C20H27F3N6O8S. The van der Waals surface area contributed by atoms with Crippen LogP contribution in [0.1, 0.15) is 35.2 Å². The molecule has 0 aromatic heterocycles. The van der Waals surface area contributed by atoms with Gasteiger partial charge >= 0.3 is 17.4 Å². The Hall–Kier alpha value is -3.77. The van der Waals surface area contributed by atoms with Crippen LogP contribution in [0.3, 0.4) is 0 Å². The van der Waals surface area contributed by atoms with Gasteiger partial charge in [0, 0.05) is 7.05 Å². The highest BCUT2D eigenvalue weighted by molar-refractivity contribution is 7.86. The molecule has 0 unspecified atom stereocenters. The second-order valence-corrected chi connectivity index (χ2v) is 9.33. The summed E-state index contributed by atoms with van der Waals surface area (Å²) in [6, 6.07) is 5.21. The lowest BCUT2D eigenvalue weighted by atomic mass is 10.0. The van der Waals surface area contributed by atoms with E-state index >= 15 is 0 Å². The van der Waals surface area contributed by atoms with Crippen molar-refractivity contribution < 1.29 is 55.7 Å². The van der Waals surface area contributed by atoms with E-state index in [0.29, 0.717) is 31.5 Å². The monoisotopic (exact) mass is 568 g/mol. The fourth-order valence-electron chi connectivity index (χ4n) is 3.16. The predicted octanol–water partition coefficient (Wildman–Crippen LogP) is -2.20. The third kappa shape index (κ3) is 10.3. The zero-order valence-corrected chi connectivity index (χ0v) is 20.8. The standard InChI is InChI=1S/C19H26N6O5.CHF3O3S/c1-25-14(17(29)24-13(18(25)30)9-15(26)27)3-2-8-22-16(28)12-6-4-11(5-7-12)10-23-19(20)21;2-1(3,4)8(5,6)7/h4-7,13-14H,2-3,8-10H2,1H3,(H,22,28)(H,24,29)(H,26,27)(H4,20,21,23);(H,5,6,7)/t13-,14-;/m0./s1. The molecule has 2 rings (SSSR count). The van der Waals surface area contributed by atoms with E-state index in [1.165, 1.54) is 11.9 Å². The van der Waals surface area contributed by atoms with Crippen LogP contribution in [-0.4, -0.2) is 83.8 Å². The topological polar surface area (TPSA) is 242 Å². The van der Waals surface area contributed by atoms with E-state index in [4.69, 9.17) is 29.5 Å². The zero-order valence-electron chi connectivity index (χ0n) is 20.0. The maximum atomic E-state index is 12.3. The predicted molar refractivity (Wildman–Crippen MR) is 123 cm³/mol. The molecule has 0 aliphatic carbocycles. The minimum atomic E-state index is -6.09. The molecule has 38 heavy (non-hydrogen) atoms. The molecule has 1 heterocycles. The Labute approximate surface area is 215 Å². The molecule has 0 bridgehead atoms. The van der Waals surface area contributed by atoms with Crippen LogP contribution >= 0.6 is 0 Å². The number of hydrogen-bond acceptors (Lipinski definition) is 8. The summed E-state index contributed by atoms with van der Waals surface area (Å²) in [7, 11) is -4.60. The lowest BCUT2D eigenvalue weighted by Crippen LogP contribution is -2.88. The van der Waals surface area contributed by atoms with Crippen molar-refractivity contribution in [1.82, 2.24) is 10.2 Å². The summed E-state index contributed by atoms with van der Waals surface area (Å²) >= 11 is 0. The van der Waals surface area contributed by atoms with E-state index in [0.717, 1.165) is 5.56 Å². The van der Waals surface area contributed by atoms with E-state index < -0.39 is 46.0 Å². The van der Waals surface area contributed by atoms with Crippen LogP contribution in [0.4, 0.5) is 13.2 Å². The molecule has 14 nitrogen and oxygen atoms in total. The number of nitrogens with two attached hydrogens (primary N) is 3. The molecule has 1 saturated heterocycles. The fourth-order valence-corrected chi connectivity index (χ4v) is 3.16. The van der Waals surface area contributed by atoms with Gasteiger partial charge in [-0.05, 0) is 30.5 Å². The molecule has 1 aromatic carbocycles. The third-order valence-corrected chi connectivity index (χ3v) is 5.66. The van der Waals surface area contributed by atoms with Crippen molar-refractivity contribution in [2.45, 2.75) is 43.4 Å². The van der Waals surface area contributed by atoms with E-state index in [1.54, 1.807) is 29.6 Å². The summed E-state index contributed by atoms with van der Waals surface area (Å²) in [5.41, 5.74) is 6.34. The van der Waals surface area contributed by atoms with Crippen LogP contribution in [0.25, 0.3) is 0 Å². The van der Waals surface area contributed by atoms with Gasteiger partial charge in [0.2, 0.25) is 11.8 Å². The van der Waals surface area contributed by atoms with Gasteiger partial charge in [-0.2, -0.15) is 13.2 Å². The number of aliphatic carboxylic acids is 1. The van der Waals surface area contributed by atoms with Crippen molar-refractivity contribution >= 4 is 39.8 Å². The molecule has 1 aliphatic rings. The van der Waals surface area contributed by atoms with Crippen molar-refractivity contribution in [2.24, 2.45) is 16.5 Å². The number of rotatable bonds is 9. The number of nitrogens with zero attached hydrogens (tertiary/aromatic N) is 2. The van der Waals surface area contributed by atoms with E-state index in [-0.39, 0.29) is 17.8 Å². The van der Waals surface area contributed by atoms with Crippen molar-refractivity contribution in [3.63, 3.8) is 0 Å². The maximum Gasteiger partial charge on any atom is 0.485 e. The van der Waals surface area contributed by atoms with Gasteiger partial charge in [0.15, 0.2) is 16.1 Å². The largest absolute Gasteiger partial charge is 0.741 e. The number of carboxylic acids is 1. The van der Waals surface area contributed by atoms with Gasteiger partial charge in [-0.15, -0.1) is 0 Å². The number of benzene rings is 1. The molecule has 8 N–H and O–H groups in total. The van der Waals surface area contributed by atoms with Crippen LogP contribution in [0.5, 0.6) is 0 Å². The zero-order chi connectivity index (χ0) is 29.3. The molecule has 3 amide bonds. The van der Waals surface area contributed by atoms with Gasteiger partial charge < -0.3 is 31.3 Å². The first-order valence-corrected chi connectivity index (χ1v) is 12.2. The van der Waals surface area contributed by atoms with Gasteiger partial charge in [0.1, 0.15) is 12.1 Å². The number of halogens is 3. The van der Waals surface area contributed by atoms with Crippen molar-refractivity contribution in [2.75, 3.05) is 13.6 Å². The quantitative estimate of drug-likeness (QED) is 0.0707. The molecule has 0 spiro atoms. The van der Waals surface area contributed by atoms with Gasteiger partial charge in [-0.3, -0.25) is 19.7 Å². The number of guanidine groups is 1. The highest BCUT2D eigenvalue weighted by atomic mass is 32.2. The number of amides is 3. The molecule has 1 fully saturated rings. The van der Waals surface area contributed by atoms with Gasteiger partial charge in [0.25, 0.3) is 0 Å². The summed E-state index contributed by atoms with van der Waals surface area (Å²) in [6.07, 6.45) is 0.442. The van der Waals surface area contributed by atoms with Gasteiger partial charge in [-0.1, -0.05) is 12.1 Å². The Balaban J connectivity index is 0.000000781. The van der Waals surface area contributed by atoms with Crippen LogP contribution in [0.15, 0.2) is 29.3 Å². The highest BCUT2D eigenvalue weighted by Gasteiger charge is 2.39. The number of hydrogen-bond donors (Lipinski definition) is 5. The molecule has 18 heteroatoms. The molecule has 2 atom stereocenters. The Morgan fingerprint density at radius 3 is 2.24 bits per heavy atom. The van der Waals surface area contributed by atoms with E-state index in [1.807, 2.05) is 0 Å². The number of primary amides is 1. The number of carboxylic acid groups (broad SMARTS) is 1. The van der Waals surface area contributed by atoms with Gasteiger partial charge in [0.05, 0.1) is 25.1 Å². The fraction of sp³-hybridized carbons (Fsp3) is 0.450. The molecular weight excluding hydrogens is 541 g/mol. The molecule has 0 radical (unpaired) electrons.